The maximum atomic E-state index is 11.0. The Morgan fingerprint density at radius 1 is 1.64 bits per heavy atom. The van der Waals surface area contributed by atoms with Crippen molar-refractivity contribution in [3.8, 4) is 0 Å². The standard InChI is InChI=1S/C11H13BrOS/c1-7(13)5-9-6-10(12)11(14-9)8-3-2-4-8/h6,8H,2-5H2,1H3. The van der Waals surface area contributed by atoms with Crippen molar-refractivity contribution in [1.82, 2.24) is 0 Å². The van der Waals surface area contributed by atoms with Gasteiger partial charge in [-0.25, -0.2) is 0 Å². The Labute approximate surface area is 96.6 Å². The van der Waals surface area contributed by atoms with E-state index in [1.54, 1.807) is 18.3 Å². The van der Waals surface area contributed by atoms with Crippen LogP contribution >= 0.6 is 27.3 Å². The Hall–Kier alpha value is -0.150. The third-order valence-corrected chi connectivity index (χ3v) is 4.88. The molecule has 1 aromatic rings. The molecule has 0 unspecified atom stereocenters. The van der Waals surface area contributed by atoms with Gasteiger partial charge in [0.15, 0.2) is 0 Å². The summed E-state index contributed by atoms with van der Waals surface area (Å²) < 4.78 is 1.21. The summed E-state index contributed by atoms with van der Waals surface area (Å²) in [6.45, 7) is 1.65. The maximum absolute atomic E-state index is 11.0. The minimum Gasteiger partial charge on any atom is -0.300 e. The number of carbonyl (C=O) groups is 1. The van der Waals surface area contributed by atoms with Gasteiger partial charge in [-0.15, -0.1) is 11.3 Å². The number of hydrogen-bond donors (Lipinski definition) is 0. The molecule has 0 aliphatic heterocycles. The fraction of sp³-hybridized carbons (Fsp3) is 0.545. The van der Waals surface area contributed by atoms with E-state index in [4.69, 9.17) is 0 Å². The van der Waals surface area contributed by atoms with Crippen LogP contribution in [0.3, 0.4) is 0 Å². The van der Waals surface area contributed by atoms with Crippen LogP contribution < -0.4 is 0 Å². The van der Waals surface area contributed by atoms with E-state index in [9.17, 15) is 4.79 Å². The molecule has 1 aliphatic carbocycles. The third-order valence-electron chi connectivity index (χ3n) is 2.66. The first-order valence-corrected chi connectivity index (χ1v) is 6.55. The van der Waals surface area contributed by atoms with Gasteiger partial charge in [0.05, 0.1) is 0 Å². The van der Waals surface area contributed by atoms with Crippen LogP contribution in [0.15, 0.2) is 10.5 Å². The summed E-state index contributed by atoms with van der Waals surface area (Å²) in [6.07, 6.45) is 4.59. The second kappa shape index (κ2) is 4.15. The summed E-state index contributed by atoms with van der Waals surface area (Å²) in [5, 5.41) is 0. The van der Waals surface area contributed by atoms with E-state index in [0.717, 1.165) is 5.92 Å². The first kappa shape index (κ1) is 10.4. The van der Waals surface area contributed by atoms with Crippen LogP contribution in [0.25, 0.3) is 0 Å². The Kier molecular flexibility index (Phi) is 3.07. The van der Waals surface area contributed by atoms with Crippen LogP contribution in [0.2, 0.25) is 0 Å². The first-order chi connectivity index (χ1) is 6.66. The molecule has 0 amide bonds. The summed E-state index contributed by atoms with van der Waals surface area (Å²) in [4.78, 5) is 13.6. The Balaban J connectivity index is 2.16. The predicted octanol–water partition coefficient (Wildman–Crippen LogP) is 3.91. The normalized spacial score (nSPS) is 16.7. The van der Waals surface area contributed by atoms with Crippen molar-refractivity contribution in [2.45, 2.75) is 38.5 Å². The van der Waals surface area contributed by atoms with Crippen molar-refractivity contribution < 1.29 is 4.79 Å². The lowest BCUT2D eigenvalue weighted by atomic mass is 9.84. The minimum absolute atomic E-state index is 0.249. The monoisotopic (exact) mass is 272 g/mol. The van der Waals surface area contributed by atoms with E-state index in [1.807, 2.05) is 0 Å². The van der Waals surface area contributed by atoms with E-state index >= 15 is 0 Å². The van der Waals surface area contributed by atoms with E-state index in [0.29, 0.717) is 6.42 Å². The Morgan fingerprint density at radius 2 is 2.36 bits per heavy atom. The number of hydrogen-bond acceptors (Lipinski definition) is 2. The molecule has 1 saturated carbocycles. The Morgan fingerprint density at radius 3 is 2.86 bits per heavy atom. The molecular weight excluding hydrogens is 260 g/mol. The summed E-state index contributed by atoms with van der Waals surface area (Å²) in [5.74, 6) is 1.01. The van der Waals surface area contributed by atoms with Gasteiger partial charge in [0.2, 0.25) is 0 Å². The van der Waals surface area contributed by atoms with Gasteiger partial charge < -0.3 is 0 Å². The van der Waals surface area contributed by atoms with Gasteiger partial charge in [-0.2, -0.15) is 0 Å². The maximum Gasteiger partial charge on any atom is 0.135 e. The van der Waals surface area contributed by atoms with Crippen molar-refractivity contribution >= 4 is 33.0 Å². The van der Waals surface area contributed by atoms with E-state index in [-0.39, 0.29) is 5.78 Å². The van der Waals surface area contributed by atoms with Crippen molar-refractivity contribution in [2.75, 3.05) is 0 Å². The molecule has 3 heteroatoms. The largest absolute Gasteiger partial charge is 0.300 e. The Bertz CT molecular complexity index is 352. The summed E-state index contributed by atoms with van der Waals surface area (Å²) in [5.41, 5.74) is 0. The van der Waals surface area contributed by atoms with Crippen LogP contribution in [-0.2, 0) is 11.2 Å². The van der Waals surface area contributed by atoms with Crippen molar-refractivity contribution in [3.05, 3.63) is 20.3 Å². The van der Waals surface area contributed by atoms with Crippen LogP contribution in [0, 0.1) is 0 Å². The summed E-state index contributed by atoms with van der Waals surface area (Å²) in [6, 6.07) is 2.11. The molecule has 14 heavy (non-hydrogen) atoms. The van der Waals surface area contributed by atoms with E-state index in [2.05, 4.69) is 22.0 Å². The second-order valence-electron chi connectivity index (χ2n) is 3.93. The van der Waals surface area contributed by atoms with Crippen molar-refractivity contribution in [2.24, 2.45) is 0 Å². The predicted molar refractivity (Wildman–Crippen MR) is 63.0 cm³/mol. The molecule has 2 rings (SSSR count). The molecular formula is C11H13BrOS. The van der Waals surface area contributed by atoms with Gasteiger partial charge >= 0.3 is 0 Å². The lowest BCUT2D eigenvalue weighted by Gasteiger charge is -2.24. The molecule has 1 fully saturated rings. The van der Waals surface area contributed by atoms with Crippen LogP contribution in [0.1, 0.15) is 41.9 Å². The van der Waals surface area contributed by atoms with Gasteiger partial charge in [-0.05, 0) is 47.7 Å². The molecule has 1 heterocycles. The minimum atomic E-state index is 0.249. The number of carbonyl (C=O) groups excluding carboxylic acids is 1. The quantitative estimate of drug-likeness (QED) is 0.816. The summed E-state index contributed by atoms with van der Waals surface area (Å²) in [7, 11) is 0. The number of thiophene rings is 1. The average molecular weight is 273 g/mol. The second-order valence-corrected chi connectivity index (χ2v) is 5.95. The molecule has 0 N–H and O–H groups in total. The highest BCUT2D eigenvalue weighted by molar-refractivity contribution is 9.10. The van der Waals surface area contributed by atoms with Crippen molar-refractivity contribution in [1.29, 1.82) is 0 Å². The van der Waals surface area contributed by atoms with Gasteiger partial charge in [0, 0.05) is 20.6 Å². The lowest BCUT2D eigenvalue weighted by Crippen LogP contribution is -2.07. The fourth-order valence-corrected chi connectivity index (χ4v) is 4.00. The SMILES string of the molecule is CC(=O)Cc1cc(Br)c(C2CCC2)s1. The third kappa shape index (κ3) is 2.09. The number of rotatable bonds is 3. The molecule has 0 atom stereocenters. The molecule has 0 saturated heterocycles. The van der Waals surface area contributed by atoms with E-state index in [1.165, 1.54) is 33.5 Å². The molecule has 0 bridgehead atoms. The summed E-state index contributed by atoms with van der Waals surface area (Å²) >= 11 is 5.39. The van der Waals surface area contributed by atoms with Crippen LogP contribution in [-0.4, -0.2) is 5.78 Å². The van der Waals surface area contributed by atoms with Gasteiger partial charge in [-0.1, -0.05) is 6.42 Å². The highest BCUT2D eigenvalue weighted by Gasteiger charge is 2.23. The number of ketones is 1. The van der Waals surface area contributed by atoms with E-state index < -0.39 is 0 Å². The molecule has 0 radical (unpaired) electrons. The molecule has 1 aromatic heterocycles. The first-order valence-electron chi connectivity index (χ1n) is 4.94. The molecule has 76 valence electrons. The van der Waals surface area contributed by atoms with Crippen LogP contribution in [0.4, 0.5) is 0 Å². The topological polar surface area (TPSA) is 17.1 Å². The van der Waals surface area contributed by atoms with Gasteiger partial charge in [0.25, 0.3) is 0 Å². The van der Waals surface area contributed by atoms with Gasteiger partial charge in [-0.3, -0.25) is 4.79 Å². The molecule has 0 aromatic carbocycles. The fourth-order valence-electron chi connectivity index (χ4n) is 1.71. The zero-order valence-electron chi connectivity index (χ0n) is 8.18. The smallest absolute Gasteiger partial charge is 0.135 e. The lowest BCUT2D eigenvalue weighted by molar-refractivity contribution is -0.116. The molecule has 1 aliphatic rings. The van der Waals surface area contributed by atoms with Crippen molar-refractivity contribution in [3.63, 3.8) is 0 Å². The average Bonchev–Trinajstić information content (AvgIpc) is 2.27. The van der Waals surface area contributed by atoms with Crippen LogP contribution in [0.5, 0.6) is 0 Å². The number of Topliss-reactive ketones (excluding diaryl/α,β-unsaturated/α-hetero) is 1. The molecule has 1 nitrogen and oxygen atoms in total. The number of halogens is 1. The molecule has 0 spiro atoms. The zero-order chi connectivity index (χ0) is 10.1. The zero-order valence-corrected chi connectivity index (χ0v) is 10.6. The highest BCUT2D eigenvalue weighted by Crippen LogP contribution is 2.44. The van der Waals surface area contributed by atoms with Gasteiger partial charge in [0.1, 0.15) is 5.78 Å². The highest BCUT2D eigenvalue weighted by atomic mass is 79.9.